The van der Waals surface area contributed by atoms with Crippen LogP contribution in [-0.2, 0) is 88.0 Å². The summed E-state index contributed by atoms with van der Waals surface area (Å²) in [4.78, 5) is 146. The molecule has 2 aliphatic rings. The number of benzene rings is 6. The molecule has 0 saturated carbocycles. The van der Waals surface area contributed by atoms with Gasteiger partial charge in [-0.3, -0.25) is 29.0 Å². The van der Waals surface area contributed by atoms with E-state index in [-0.39, 0.29) is 81.0 Å². The Kier molecular flexibility index (Phi) is 34.2. The lowest BCUT2D eigenvalue weighted by Gasteiger charge is -2.29. The number of amides is 6. The number of alkyl carbamates (subject to hydrolysis) is 2. The highest BCUT2D eigenvalue weighted by molar-refractivity contribution is 9.09. The molecule has 0 aliphatic carbocycles. The highest BCUT2D eigenvalue weighted by Gasteiger charge is 2.38. The molecule has 6 aromatic carbocycles. The van der Waals surface area contributed by atoms with Crippen LogP contribution in [0.2, 0.25) is 0 Å². The normalized spacial score (nSPS) is 17.0. The van der Waals surface area contributed by atoms with Gasteiger partial charge in [-0.15, -0.1) is 0 Å². The Morgan fingerprint density at radius 1 is 0.496 bits per heavy atom. The first-order valence-corrected chi connectivity index (χ1v) is 38.3. The lowest BCUT2D eigenvalue weighted by molar-refractivity contribution is -0.146. The van der Waals surface area contributed by atoms with Gasteiger partial charge in [0.05, 0.1) is 27.4 Å². The minimum absolute atomic E-state index is 0.0191. The van der Waals surface area contributed by atoms with Gasteiger partial charge in [-0.2, -0.15) is 0 Å². The maximum Gasteiger partial charge on any atom is 0.514 e. The largest absolute Gasteiger partial charge is 0.514 e. The van der Waals surface area contributed by atoms with Crippen LogP contribution in [0.4, 0.5) is 24.0 Å². The molecule has 0 saturated heterocycles. The zero-order valence-electron chi connectivity index (χ0n) is 67.5. The number of nitrogens with one attached hydrogen (secondary N) is 4. The number of halogens is 1. The van der Waals surface area contributed by atoms with E-state index in [0.29, 0.717) is 41.2 Å². The van der Waals surface area contributed by atoms with Crippen LogP contribution in [-0.4, -0.2) is 164 Å². The van der Waals surface area contributed by atoms with Gasteiger partial charge in [-0.05, 0) is 157 Å². The summed E-state index contributed by atoms with van der Waals surface area (Å²) >= 11 is 3.19. The van der Waals surface area contributed by atoms with E-state index in [1.165, 1.54) is 45.3 Å². The maximum absolute atomic E-state index is 14.3. The third kappa shape index (κ3) is 28.9. The molecule has 28 heteroatoms. The average Bonchev–Trinajstić information content (AvgIpc) is 0.783. The number of alkyl halides is 1. The molecule has 6 amide bonds. The second kappa shape index (κ2) is 42.6. The predicted octanol–water partition coefficient (Wildman–Crippen LogP) is 14.2. The van der Waals surface area contributed by atoms with E-state index in [4.69, 9.17) is 47.4 Å². The van der Waals surface area contributed by atoms with Crippen LogP contribution in [0.1, 0.15) is 153 Å². The molecular weight excluding hydrogens is 1520 g/mol. The maximum atomic E-state index is 14.3. The van der Waals surface area contributed by atoms with Gasteiger partial charge < -0.3 is 68.6 Å². The van der Waals surface area contributed by atoms with Crippen molar-refractivity contribution in [2.24, 2.45) is 11.8 Å². The summed E-state index contributed by atoms with van der Waals surface area (Å²) in [6, 6.07) is 34.7. The van der Waals surface area contributed by atoms with Gasteiger partial charge >= 0.3 is 42.5 Å². The first kappa shape index (κ1) is 90.9. The second-order valence-corrected chi connectivity index (χ2v) is 30.9. The van der Waals surface area contributed by atoms with Crippen molar-refractivity contribution in [2.45, 2.75) is 176 Å². The standard InChI is InChI=1S/C43H53N3O12.C35H40N2O7.C7H14BrNO2/c1-26-21-33(47)36(46(8)40(51)55-25-27-13-11-10-12-14-27)29-16-18-35(56-41(52)58-43(5,6)7)31(24-29)30-22-28(23-32(38(49)53-9)45-37(26)48)15-17-34(30)54-20-19-44-39(50)57-42(2,3)4;1-6-16-43-31-15-14-26-20-28(31)27-18-25(13-12-22(27)2)19-29(34(40)42-5)36-33(39)23(3)17-30(38)32(26)37(4)35(41)44-21-24-10-8-7-9-11-24;1-7(2,3)11-6(10)9-5-4-8/h10-18,22,24,26,32,36H,19-21,23,25H2,1-9H3,(H,44,50)(H,45,48);7-15,18,20,23,29,32H,6,16-17,19,21H2,1-5H3,(H,36,39);4-5H2,1-3H3,(H,9,10)/t26-,32+,36+;23-,29+,32+;/m11./s1. The predicted molar refractivity (Wildman–Crippen MR) is 426 cm³/mol. The third-order valence-electron chi connectivity index (χ3n) is 17.2. The fourth-order valence-corrected chi connectivity index (χ4v) is 11.9. The van der Waals surface area contributed by atoms with E-state index in [0.717, 1.165) is 50.0 Å². The van der Waals surface area contributed by atoms with Crippen molar-refractivity contribution >= 4 is 81.8 Å². The molecule has 0 unspecified atom stereocenters. The van der Waals surface area contributed by atoms with Crippen molar-refractivity contribution in [3.8, 4) is 39.5 Å². The minimum Gasteiger partial charge on any atom is -0.493 e. The van der Waals surface area contributed by atoms with Gasteiger partial charge in [0.15, 0.2) is 11.6 Å². The number of esters is 2. The van der Waals surface area contributed by atoms with Crippen LogP contribution in [0.15, 0.2) is 133 Å². The summed E-state index contributed by atoms with van der Waals surface area (Å²) < 4.78 is 55.1. The van der Waals surface area contributed by atoms with Crippen LogP contribution in [0.5, 0.6) is 17.2 Å². The van der Waals surface area contributed by atoms with Crippen molar-refractivity contribution in [2.75, 3.05) is 59.9 Å². The van der Waals surface area contributed by atoms with E-state index in [9.17, 15) is 52.7 Å². The number of rotatable bonds is 18. The monoisotopic (exact) mass is 1630 g/mol. The average molecular weight is 1630 g/mol. The number of aryl methyl sites for hydroxylation is 1. The lowest BCUT2D eigenvalue weighted by Crippen LogP contribution is -2.46. The van der Waals surface area contributed by atoms with Gasteiger partial charge in [-0.25, -0.2) is 33.6 Å². The van der Waals surface area contributed by atoms with Crippen molar-refractivity contribution < 1.29 is 100 Å². The summed E-state index contributed by atoms with van der Waals surface area (Å²) in [6.45, 7) is 24.0. The molecule has 0 fully saturated rings. The molecule has 113 heavy (non-hydrogen) atoms. The van der Waals surface area contributed by atoms with Crippen LogP contribution in [0.3, 0.4) is 0 Å². The minimum atomic E-state index is -1.29. The zero-order valence-corrected chi connectivity index (χ0v) is 69.1. The fourth-order valence-electron chi connectivity index (χ4n) is 11.7. The van der Waals surface area contributed by atoms with Gasteiger partial charge in [0.25, 0.3) is 0 Å². The van der Waals surface area contributed by atoms with Crippen molar-refractivity contribution in [3.05, 3.63) is 172 Å². The number of likely N-dealkylation sites (N-methyl/N-ethyl adjacent to an activating group) is 2. The highest BCUT2D eigenvalue weighted by atomic mass is 79.9. The van der Waals surface area contributed by atoms with Crippen LogP contribution in [0.25, 0.3) is 22.3 Å². The first-order valence-electron chi connectivity index (χ1n) is 37.2. The highest BCUT2D eigenvalue weighted by Crippen LogP contribution is 2.42. The van der Waals surface area contributed by atoms with E-state index < -0.39 is 107 Å². The number of ketones is 2. The Hall–Kier alpha value is -11.0. The number of carbonyl (C=O) groups excluding carboxylic acids is 11. The van der Waals surface area contributed by atoms with Gasteiger partial charge in [0.2, 0.25) is 11.8 Å². The molecule has 27 nitrogen and oxygen atoms in total. The SMILES string of the molecule is CC(C)(C)OC(=O)NCCBr.CCCOc1ccc2cc1-c1cc(ccc1C)C[C@@H](C(=O)OC)NC(=O)[C@H](C)CC(=O)[C@H]2N(C)C(=O)OCc1ccccc1.COC(=O)[C@@H]1Cc2ccc(OCCNC(=O)OC(C)(C)C)c(c2)-c2cc(ccc2OC(=O)OC(C)(C)C)[C@H](N(C)C(=O)OCc2ccccc2)C(=O)C[C@@H](C)C(=O)N1. The Bertz CT molecular complexity index is 4290. The van der Waals surface area contributed by atoms with Crippen LogP contribution < -0.4 is 35.5 Å². The fraction of sp³-hybridized carbons (Fsp3) is 0.447. The van der Waals surface area contributed by atoms with E-state index >= 15 is 0 Å². The quantitative estimate of drug-likeness (QED) is 0.0204. The topological polar surface area (TPSA) is 335 Å². The number of Topliss-reactive ketones (excluding diaryl/α,β-unsaturated/α-hetero) is 2. The molecule has 0 spiro atoms. The number of methoxy groups -OCH3 is 2. The number of hydrogen-bond donors (Lipinski definition) is 4. The van der Waals surface area contributed by atoms with E-state index in [2.05, 4.69) is 37.2 Å². The van der Waals surface area contributed by atoms with Crippen molar-refractivity contribution in [3.63, 3.8) is 0 Å². The Morgan fingerprint density at radius 3 is 1.33 bits per heavy atom. The Balaban J connectivity index is 0.000000318. The smallest absolute Gasteiger partial charge is 0.493 e. The molecular formula is C85H107BrN6O21. The molecule has 6 aromatic rings. The molecule has 0 radical (unpaired) electrons. The summed E-state index contributed by atoms with van der Waals surface area (Å²) in [5.74, 6) is -4.00. The summed E-state index contributed by atoms with van der Waals surface area (Å²) in [6.07, 6.45) is -3.01. The molecule has 8 rings (SSSR count). The molecule has 2 aliphatic heterocycles. The molecule has 4 N–H and O–H groups in total. The number of ether oxygens (including phenoxy) is 10. The number of nitrogens with zero attached hydrogens (tertiary/aromatic N) is 2. The zero-order chi connectivity index (χ0) is 83.5. The second-order valence-electron chi connectivity index (χ2n) is 30.1. The lowest BCUT2D eigenvalue weighted by atomic mass is 9.89. The molecule has 8 bridgehead atoms. The Morgan fingerprint density at radius 2 is 0.894 bits per heavy atom. The Labute approximate surface area is 669 Å². The number of hydrogen-bond acceptors (Lipinski definition) is 21. The molecule has 6 atom stereocenters. The van der Waals surface area contributed by atoms with Gasteiger partial charge in [0, 0.05) is 80.2 Å². The molecule has 610 valence electrons. The summed E-state index contributed by atoms with van der Waals surface area (Å²) in [7, 11) is 5.40. The van der Waals surface area contributed by atoms with Crippen molar-refractivity contribution in [1.29, 1.82) is 0 Å². The van der Waals surface area contributed by atoms with Gasteiger partial charge in [0.1, 0.15) is 78.0 Å². The van der Waals surface area contributed by atoms with E-state index in [1.54, 1.807) is 110 Å². The molecule has 2 heterocycles. The van der Waals surface area contributed by atoms with E-state index in [1.807, 2.05) is 101 Å². The van der Waals surface area contributed by atoms with Crippen molar-refractivity contribution in [1.82, 2.24) is 31.1 Å². The van der Waals surface area contributed by atoms with Crippen LogP contribution >= 0.6 is 15.9 Å². The third-order valence-corrected chi connectivity index (χ3v) is 17.6. The summed E-state index contributed by atoms with van der Waals surface area (Å²) in [5.41, 5.74) is 4.90. The van der Waals surface area contributed by atoms with Crippen LogP contribution in [0, 0.1) is 18.8 Å². The number of carbonyl (C=O) groups is 11. The number of fused-ring (bicyclic) bond motifs is 10. The van der Waals surface area contributed by atoms with Gasteiger partial charge in [-0.1, -0.05) is 134 Å². The summed E-state index contributed by atoms with van der Waals surface area (Å²) in [5, 5.41) is 11.5. The first-order chi connectivity index (χ1) is 53.3. The molecule has 0 aromatic heterocycles.